The molecule has 0 N–H and O–H groups in total. The fourth-order valence-electron chi connectivity index (χ4n) is 13.5. The molecule has 0 atom stereocenters. The molecule has 3 nitrogen and oxygen atoms in total. The van der Waals surface area contributed by atoms with Crippen LogP contribution in [0.25, 0.3) is 22.1 Å². The zero-order valence-corrected chi connectivity index (χ0v) is 43.1. The Morgan fingerprint density at radius 2 is 0.971 bits per heavy atom. The van der Waals surface area contributed by atoms with E-state index >= 15 is 8.78 Å². The van der Waals surface area contributed by atoms with Gasteiger partial charge in [0.25, 0.3) is 6.71 Å². The summed E-state index contributed by atoms with van der Waals surface area (Å²) in [7, 11) is 0. The standard InChI is InChI=1S/C63H67BF2N2O/c1-36-27-52-55-53(28-36)68(49-20-19-38(65)29-48(49)66)56-40-31-42-46(63(12,13)26-22-59(42,4)5)35-54(40)69-57(56)64(55)47-32-43-45(62(10,11)25-23-60(43,6)7)34-51(47)67(52)50-33-44-41(58(2,3)21-24-61(44,8)9)30-39(50)37-17-15-14-16-18-37/h14-20,27-35H,21-26H2,1-13H3. The molecule has 6 aromatic carbocycles. The van der Waals surface area contributed by atoms with Crippen molar-refractivity contribution in [3.8, 4) is 11.1 Å². The smallest absolute Gasteiger partial charge is 0.297 e. The molecule has 0 saturated carbocycles. The van der Waals surface area contributed by atoms with Crippen molar-refractivity contribution in [3.63, 3.8) is 0 Å². The lowest BCUT2D eigenvalue weighted by Crippen LogP contribution is -2.61. The lowest BCUT2D eigenvalue weighted by Gasteiger charge is -2.47. The summed E-state index contributed by atoms with van der Waals surface area (Å²) >= 11 is 0. The first-order valence-electron chi connectivity index (χ1n) is 25.6. The normalized spacial score (nSPS) is 20.4. The maximum absolute atomic E-state index is 17.0. The lowest BCUT2D eigenvalue weighted by molar-refractivity contribution is 0.332. The number of nitrogens with zero attached hydrogens (tertiary/aromatic N) is 2. The van der Waals surface area contributed by atoms with Gasteiger partial charge in [0.1, 0.15) is 17.2 Å². The van der Waals surface area contributed by atoms with Crippen molar-refractivity contribution in [1.29, 1.82) is 0 Å². The molecule has 5 aliphatic rings. The van der Waals surface area contributed by atoms with E-state index in [1.54, 1.807) is 6.07 Å². The monoisotopic (exact) mass is 917 g/mol. The fourth-order valence-corrected chi connectivity index (χ4v) is 13.5. The van der Waals surface area contributed by atoms with Gasteiger partial charge in [0.15, 0.2) is 0 Å². The van der Waals surface area contributed by atoms with Gasteiger partial charge in [-0.1, -0.05) is 119 Å². The van der Waals surface area contributed by atoms with E-state index in [-0.39, 0.29) is 39.2 Å². The first-order valence-corrected chi connectivity index (χ1v) is 25.6. The average Bonchev–Trinajstić information content (AvgIpc) is 3.66. The molecule has 0 saturated heterocycles. The van der Waals surface area contributed by atoms with Crippen LogP contribution in [-0.4, -0.2) is 6.71 Å². The van der Waals surface area contributed by atoms with Gasteiger partial charge in [-0.2, -0.15) is 0 Å². The Bertz CT molecular complexity index is 3350. The number of anilines is 6. The highest BCUT2D eigenvalue weighted by Crippen LogP contribution is 2.56. The highest BCUT2D eigenvalue weighted by molar-refractivity contribution is 7.00. The number of benzene rings is 6. The molecule has 69 heavy (non-hydrogen) atoms. The van der Waals surface area contributed by atoms with E-state index in [9.17, 15) is 0 Å². The Labute approximate surface area is 409 Å². The Morgan fingerprint density at radius 1 is 0.478 bits per heavy atom. The third-order valence-corrected chi connectivity index (χ3v) is 18.2. The highest BCUT2D eigenvalue weighted by Gasteiger charge is 2.51. The van der Waals surface area contributed by atoms with E-state index in [0.717, 1.165) is 101 Å². The third-order valence-electron chi connectivity index (χ3n) is 18.2. The number of fused-ring (bicyclic) bond motifs is 9. The molecular formula is C63H67BF2N2O. The number of halogens is 2. The van der Waals surface area contributed by atoms with Crippen LogP contribution in [0.1, 0.15) is 161 Å². The van der Waals surface area contributed by atoms with Gasteiger partial charge in [-0.3, -0.25) is 0 Å². The predicted molar refractivity (Wildman–Crippen MR) is 286 cm³/mol. The van der Waals surface area contributed by atoms with Crippen molar-refractivity contribution in [2.75, 3.05) is 9.80 Å². The zero-order chi connectivity index (χ0) is 48.7. The zero-order valence-electron chi connectivity index (χ0n) is 43.1. The number of rotatable bonds is 3. The molecule has 0 fully saturated rings. The van der Waals surface area contributed by atoms with Crippen LogP contribution >= 0.6 is 0 Å². The van der Waals surface area contributed by atoms with E-state index in [1.807, 2.05) is 0 Å². The Hall–Kier alpha value is -5.62. The van der Waals surface area contributed by atoms with Crippen LogP contribution in [0.3, 0.4) is 0 Å². The molecule has 0 amide bonds. The average molecular weight is 917 g/mol. The van der Waals surface area contributed by atoms with Crippen LogP contribution < -0.4 is 26.4 Å². The minimum absolute atomic E-state index is 0.00390. The van der Waals surface area contributed by atoms with Gasteiger partial charge in [0.05, 0.1) is 22.7 Å². The quantitative estimate of drug-likeness (QED) is 0.165. The van der Waals surface area contributed by atoms with Gasteiger partial charge in [0, 0.05) is 34.1 Å². The van der Waals surface area contributed by atoms with Crippen LogP contribution in [0.15, 0.2) is 101 Å². The molecule has 0 unspecified atom stereocenters. The van der Waals surface area contributed by atoms with Crippen molar-refractivity contribution >= 4 is 68.4 Å². The van der Waals surface area contributed by atoms with E-state index in [0.29, 0.717) is 5.69 Å². The molecule has 1 aromatic heterocycles. The van der Waals surface area contributed by atoms with E-state index in [2.05, 4.69) is 179 Å². The molecular weight excluding hydrogens is 850 g/mol. The Kier molecular flexibility index (Phi) is 9.22. The van der Waals surface area contributed by atoms with Gasteiger partial charge < -0.3 is 14.2 Å². The molecule has 0 radical (unpaired) electrons. The maximum atomic E-state index is 17.0. The van der Waals surface area contributed by atoms with Gasteiger partial charge in [-0.15, -0.1) is 0 Å². The van der Waals surface area contributed by atoms with Gasteiger partial charge in [0.2, 0.25) is 0 Å². The summed E-state index contributed by atoms with van der Waals surface area (Å²) in [4.78, 5) is 4.66. The summed E-state index contributed by atoms with van der Waals surface area (Å²) in [5.41, 5.74) is 20.6. The van der Waals surface area contributed by atoms with Gasteiger partial charge in [-0.05, 0) is 188 Å². The molecule has 3 heterocycles. The molecule has 12 rings (SSSR count). The Balaban J connectivity index is 1.25. The summed E-state index contributed by atoms with van der Waals surface area (Å²) in [6.07, 6.45) is 6.52. The minimum atomic E-state index is -0.611. The van der Waals surface area contributed by atoms with Crippen molar-refractivity contribution in [1.82, 2.24) is 0 Å². The third kappa shape index (κ3) is 6.41. The molecule has 0 bridgehead atoms. The number of aryl methyl sites for hydroxylation is 1. The summed E-state index contributed by atoms with van der Waals surface area (Å²) in [5, 5.41) is 0.959. The van der Waals surface area contributed by atoms with E-state index < -0.39 is 11.6 Å². The second-order valence-corrected chi connectivity index (χ2v) is 25.7. The van der Waals surface area contributed by atoms with Crippen LogP contribution in [0.5, 0.6) is 0 Å². The van der Waals surface area contributed by atoms with Crippen molar-refractivity contribution in [2.45, 2.75) is 161 Å². The fraction of sp³-hybridized carbons (Fsp3) is 0.397. The molecule has 7 aromatic rings. The maximum Gasteiger partial charge on any atom is 0.297 e. The summed E-state index contributed by atoms with van der Waals surface area (Å²) < 4.78 is 39.5. The van der Waals surface area contributed by atoms with Crippen LogP contribution in [0.4, 0.5) is 42.9 Å². The molecule has 2 aliphatic heterocycles. The second-order valence-electron chi connectivity index (χ2n) is 25.7. The molecule has 3 aliphatic carbocycles. The van der Waals surface area contributed by atoms with E-state index in [1.165, 1.54) is 56.0 Å². The van der Waals surface area contributed by atoms with Gasteiger partial charge in [-0.25, -0.2) is 8.78 Å². The number of furan rings is 1. The van der Waals surface area contributed by atoms with Crippen molar-refractivity contribution in [2.24, 2.45) is 0 Å². The predicted octanol–water partition coefficient (Wildman–Crippen LogP) is 15.8. The van der Waals surface area contributed by atoms with Crippen LogP contribution in [0.2, 0.25) is 0 Å². The molecule has 0 spiro atoms. The SMILES string of the molecule is Cc1cc2c3c(c1)N(c1ccc(F)cc1F)c1c(oc4cc5c(cc14)C(C)(C)CCC5(C)C)B3c1cc3c(cc1N2c1cc2c(cc1-c1ccccc1)C(C)(C)CCC2(C)C)C(C)(C)CCC3(C)C. The second kappa shape index (κ2) is 14.3. The van der Waals surface area contributed by atoms with E-state index in [4.69, 9.17) is 4.42 Å². The van der Waals surface area contributed by atoms with Crippen LogP contribution in [-0.2, 0) is 32.5 Å². The number of hydrogen-bond acceptors (Lipinski definition) is 3. The Morgan fingerprint density at radius 3 is 1.54 bits per heavy atom. The van der Waals surface area contributed by atoms with Crippen LogP contribution in [0, 0.1) is 18.6 Å². The lowest BCUT2D eigenvalue weighted by atomic mass is 9.35. The molecule has 352 valence electrons. The minimum Gasteiger partial charge on any atom is -0.468 e. The summed E-state index contributed by atoms with van der Waals surface area (Å²) in [6, 6.07) is 34.4. The van der Waals surface area contributed by atoms with Crippen molar-refractivity contribution < 1.29 is 13.2 Å². The first-order chi connectivity index (χ1) is 32.4. The molecule has 6 heteroatoms. The summed E-state index contributed by atoms with van der Waals surface area (Å²) in [6.45, 7) is 30.6. The first kappa shape index (κ1) is 44.6. The largest absolute Gasteiger partial charge is 0.468 e. The van der Waals surface area contributed by atoms with Gasteiger partial charge >= 0.3 is 0 Å². The number of hydrogen-bond donors (Lipinski definition) is 0. The topological polar surface area (TPSA) is 19.6 Å². The summed E-state index contributed by atoms with van der Waals surface area (Å²) in [5.74, 6) is -1.21. The van der Waals surface area contributed by atoms with Crippen molar-refractivity contribution in [3.05, 3.63) is 148 Å². The highest BCUT2D eigenvalue weighted by atomic mass is 19.1.